The number of furan rings is 1. The second kappa shape index (κ2) is 3.09. The summed E-state index contributed by atoms with van der Waals surface area (Å²) in [6.45, 7) is 1.93. The van der Waals surface area contributed by atoms with Crippen LogP contribution in [0.25, 0.3) is 0 Å². The molecule has 1 rings (SSSR count). The second-order valence-corrected chi connectivity index (χ2v) is 2.86. The monoisotopic (exact) mass is 218 g/mol. The lowest BCUT2D eigenvalue weighted by Crippen LogP contribution is -1.94. The molecule has 1 aromatic rings. The van der Waals surface area contributed by atoms with E-state index in [4.69, 9.17) is 9.52 Å². The highest BCUT2D eigenvalue weighted by Crippen LogP contribution is 2.23. The third-order valence-corrected chi connectivity index (χ3v) is 2.24. The fraction of sp³-hybridized carbons (Fsp3) is 0.286. The number of aromatic carboxylic acids is 1. The molecule has 60 valence electrons. The Morgan fingerprint density at radius 3 is 2.73 bits per heavy atom. The van der Waals surface area contributed by atoms with Crippen molar-refractivity contribution >= 4 is 21.9 Å². The Hall–Kier alpha value is -0.770. The number of hydrogen-bond donors (Lipinski definition) is 1. The predicted octanol–water partition coefficient (Wildman–Crippen LogP) is 2.30. The van der Waals surface area contributed by atoms with Gasteiger partial charge in [0.15, 0.2) is 0 Å². The lowest BCUT2D eigenvalue weighted by molar-refractivity contribution is 0.0661. The van der Waals surface area contributed by atoms with E-state index in [9.17, 15) is 4.79 Å². The number of aryl methyl sites for hydroxylation is 1. The van der Waals surface area contributed by atoms with Gasteiger partial charge in [0, 0.05) is 5.56 Å². The average Bonchev–Trinajstić information content (AvgIpc) is 2.30. The Balaban J connectivity index is 3.10. The summed E-state index contributed by atoms with van der Waals surface area (Å²) in [6.07, 6.45) is 2.21. The smallest absolute Gasteiger partial charge is 0.372 e. The van der Waals surface area contributed by atoms with Crippen LogP contribution in [0.1, 0.15) is 23.0 Å². The van der Waals surface area contributed by atoms with Crippen molar-refractivity contribution in [2.24, 2.45) is 0 Å². The Labute approximate surface area is 72.1 Å². The molecule has 0 aliphatic rings. The van der Waals surface area contributed by atoms with E-state index in [1.165, 1.54) is 6.26 Å². The zero-order valence-electron chi connectivity index (χ0n) is 5.93. The molecule has 0 unspecified atom stereocenters. The number of halogens is 1. The molecule has 0 aliphatic heterocycles. The van der Waals surface area contributed by atoms with Crippen molar-refractivity contribution in [1.29, 1.82) is 0 Å². The fourth-order valence-electron chi connectivity index (χ4n) is 0.762. The summed E-state index contributed by atoms with van der Waals surface area (Å²) >= 11 is 3.14. The number of carboxylic acid groups (broad SMARTS) is 1. The average molecular weight is 219 g/mol. The van der Waals surface area contributed by atoms with Gasteiger partial charge in [-0.05, 0) is 22.4 Å². The Kier molecular flexibility index (Phi) is 2.34. The van der Waals surface area contributed by atoms with E-state index in [2.05, 4.69) is 15.9 Å². The molecule has 0 amide bonds. The highest BCUT2D eigenvalue weighted by atomic mass is 79.9. The van der Waals surface area contributed by atoms with Gasteiger partial charge in [-0.1, -0.05) is 6.92 Å². The maximum Gasteiger partial charge on any atom is 0.372 e. The first-order valence-electron chi connectivity index (χ1n) is 3.16. The third kappa shape index (κ3) is 1.45. The van der Waals surface area contributed by atoms with E-state index >= 15 is 0 Å². The number of carbonyl (C=O) groups is 1. The van der Waals surface area contributed by atoms with E-state index in [0.29, 0.717) is 4.47 Å². The molecule has 1 heterocycles. The summed E-state index contributed by atoms with van der Waals surface area (Å²) in [5.41, 5.74) is 0.877. The molecule has 0 aliphatic carbocycles. The molecule has 3 nitrogen and oxygen atoms in total. The molecular weight excluding hydrogens is 212 g/mol. The normalized spacial score (nSPS) is 10.0. The first kappa shape index (κ1) is 8.33. The van der Waals surface area contributed by atoms with Gasteiger partial charge < -0.3 is 9.52 Å². The molecule has 1 aromatic heterocycles. The van der Waals surface area contributed by atoms with Crippen LogP contribution in [0.2, 0.25) is 0 Å². The van der Waals surface area contributed by atoms with Gasteiger partial charge in [0.1, 0.15) is 0 Å². The van der Waals surface area contributed by atoms with Gasteiger partial charge in [0.05, 0.1) is 10.7 Å². The topological polar surface area (TPSA) is 50.4 Å². The van der Waals surface area contributed by atoms with Crippen LogP contribution in [-0.4, -0.2) is 11.1 Å². The predicted molar refractivity (Wildman–Crippen MR) is 42.7 cm³/mol. The van der Waals surface area contributed by atoms with Crippen molar-refractivity contribution < 1.29 is 14.3 Å². The minimum absolute atomic E-state index is 0.0261. The van der Waals surface area contributed by atoms with E-state index < -0.39 is 5.97 Å². The van der Waals surface area contributed by atoms with Crippen molar-refractivity contribution in [3.63, 3.8) is 0 Å². The maximum atomic E-state index is 10.4. The molecule has 0 saturated heterocycles. The Morgan fingerprint density at radius 1 is 1.82 bits per heavy atom. The van der Waals surface area contributed by atoms with Crippen LogP contribution in [0.4, 0.5) is 0 Å². The largest absolute Gasteiger partial charge is 0.475 e. The van der Waals surface area contributed by atoms with Gasteiger partial charge in [-0.15, -0.1) is 0 Å². The minimum Gasteiger partial charge on any atom is -0.475 e. The van der Waals surface area contributed by atoms with Gasteiger partial charge in [-0.2, -0.15) is 0 Å². The Morgan fingerprint density at radius 2 is 2.45 bits per heavy atom. The molecule has 4 heteroatoms. The van der Waals surface area contributed by atoms with Gasteiger partial charge >= 0.3 is 5.97 Å². The van der Waals surface area contributed by atoms with Crippen LogP contribution >= 0.6 is 15.9 Å². The number of rotatable bonds is 2. The van der Waals surface area contributed by atoms with E-state index in [1.807, 2.05) is 6.92 Å². The molecule has 0 fully saturated rings. The van der Waals surface area contributed by atoms with Crippen molar-refractivity contribution in [1.82, 2.24) is 0 Å². The highest BCUT2D eigenvalue weighted by Gasteiger charge is 2.15. The number of hydrogen-bond acceptors (Lipinski definition) is 2. The first-order chi connectivity index (χ1) is 5.16. The van der Waals surface area contributed by atoms with Gasteiger partial charge in [0.25, 0.3) is 0 Å². The molecule has 0 saturated carbocycles. The van der Waals surface area contributed by atoms with E-state index in [0.717, 1.165) is 12.0 Å². The maximum absolute atomic E-state index is 10.4. The zero-order valence-corrected chi connectivity index (χ0v) is 7.51. The van der Waals surface area contributed by atoms with Crippen LogP contribution in [-0.2, 0) is 6.42 Å². The fourth-order valence-corrected chi connectivity index (χ4v) is 1.40. The van der Waals surface area contributed by atoms with Crippen LogP contribution in [0.15, 0.2) is 15.2 Å². The molecule has 0 radical (unpaired) electrons. The molecule has 0 bridgehead atoms. The van der Waals surface area contributed by atoms with Crippen molar-refractivity contribution in [3.05, 3.63) is 22.1 Å². The molecular formula is C7H7BrO3. The summed E-state index contributed by atoms with van der Waals surface area (Å²) in [5.74, 6) is -1.07. The van der Waals surface area contributed by atoms with Crippen molar-refractivity contribution in [2.75, 3.05) is 0 Å². The van der Waals surface area contributed by atoms with E-state index in [-0.39, 0.29) is 5.76 Å². The second-order valence-electron chi connectivity index (χ2n) is 2.06. The summed E-state index contributed by atoms with van der Waals surface area (Å²) in [5, 5.41) is 8.55. The Bertz CT molecular complexity index is 277. The van der Waals surface area contributed by atoms with Crippen molar-refractivity contribution in [3.8, 4) is 0 Å². The van der Waals surface area contributed by atoms with Gasteiger partial charge in [0.2, 0.25) is 5.76 Å². The standard InChI is InChI=1S/C7H7BrO3/c1-2-4-3-11-6(5(4)8)7(9)10/h3H,2H2,1H3,(H,9,10). The molecule has 11 heavy (non-hydrogen) atoms. The minimum atomic E-state index is -1.04. The van der Waals surface area contributed by atoms with Crippen LogP contribution in [0, 0.1) is 0 Å². The third-order valence-electron chi connectivity index (χ3n) is 1.38. The van der Waals surface area contributed by atoms with Gasteiger partial charge in [-0.25, -0.2) is 4.79 Å². The summed E-state index contributed by atoms with van der Waals surface area (Å²) in [4.78, 5) is 10.4. The quantitative estimate of drug-likeness (QED) is 0.830. The van der Waals surface area contributed by atoms with Crippen LogP contribution < -0.4 is 0 Å². The SMILES string of the molecule is CCc1coc(C(=O)O)c1Br. The summed E-state index contributed by atoms with van der Waals surface area (Å²) in [6, 6.07) is 0. The lowest BCUT2D eigenvalue weighted by atomic mass is 10.2. The molecule has 1 N–H and O–H groups in total. The highest BCUT2D eigenvalue weighted by molar-refractivity contribution is 9.10. The molecule has 0 aromatic carbocycles. The van der Waals surface area contributed by atoms with Crippen molar-refractivity contribution in [2.45, 2.75) is 13.3 Å². The summed E-state index contributed by atoms with van der Waals surface area (Å²) in [7, 11) is 0. The van der Waals surface area contributed by atoms with Gasteiger partial charge in [-0.3, -0.25) is 0 Å². The molecule has 0 atom stereocenters. The lowest BCUT2D eigenvalue weighted by Gasteiger charge is -1.88. The zero-order chi connectivity index (χ0) is 8.43. The first-order valence-corrected chi connectivity index (χ1v) is 3.95. The van der Waals surface area contributed by atoms with E-state index in [1.54, 1.807) is 0 Å². The summed E-state index contributed by atoms with van der Waals surface area (Å²) < 4.78 is 5.35. The van der Waals surface area contributed by atoms with Crippen LogP contribution in [0.3, 0.4) is 0 Å². The van der Waals surface area contributed by atoms with Crippen LogP contribution in [0.5, 0.6) is 0 Å². The molecule has 0 spiro atoms. The number of carboxylic acids is 1.